The van der Waals surface area contributed by atoms with Gasteiger partial charge in [-0.25, -0.2) is 8.78 Å². The molecule has 2 N–H and O–H groups in total. The van der Waals surface area contributed by atoms with E-state index in [2.05, 4.69) is 10.3 Å². The molecule has 0 saturated carbocycles. The van der Waals surface area contributed by atoms with E-state index in [4.69, 9.17) is 0 Å². The van der Waals surface area contributed by atoms with E-state index < -0.39 is 17.7 Å². The maximum absolute atomic E-state index is 13.5. The Labute approximate surface area is 116 Å². The number of nitrogens with zero attached hydrogens (tertiary/aromatic N) is 1. The summed E-state index contributed by atoms with van der Waals surface area (Å²) >= 11 is 0. The van der Waals surface area contributed by atoms with Crippen molar-refractivity contribution >= 4 is 0 Å². The van der Waals surface area contributed by atoms with Crippen LogP contribution < -0.4 is 5.32 Å². The highest BCUT2D eigenvalue weighted by Gasteiger charge is 2.15. The van der Waals surface area contributed by atoms with Gasteiger partial charge in [0.2, 0.25) is 0 Å². The summed E-state index contributed by atoms with van der Waals surface area (Å²) in [4.78, 5) is 4.00. The number of rotatable bonds is 5. The Hall–Kier alpha value is -1.85. The maximum Gasteiger partial charge on any atom is 0.129 e. The van der Waals surface area contributed by atoms with Crippen LogP contribution in [0.3, 0.4) is 0 Å². The van der Waals surface area contributed by atoms with Crippen LogP contribution in [0.5, 0.6) is 0 Å². The molecule has 0 amide bonds. The van der Waals surface area contributed by atoms with Gasteiger partial charge in [0.25, 0.3) is 0 Å². The van der Waals surface area contributed by atoms with Crippen LogP contribution in [0.25, 0.3) is 0 Å². The fraction of sp³-hybridized carbons (Fsp3) is 0.267. The Morgan fingerprint density at radius 1 is 1.30 bits per heavy atom. The summed E-state index contributed by atoms with van der Waals surface area (Å²) < 4.78 is 26.6. The molecule has 0 aliphatic heterocycles. The zero-order chi connectivity index (χ0) is 14.5. The molecule has 2 atom stereocenters. The van der Waals surface area contributed by atoms with Gasteiger partial charge >= 0.3 is 0 Å². The van der Waals surface area contributed by atoms with Crippen molar-refractivity contribution in [1.29, 1.82) is 0 Å². The largest absolute Gasteiger partial charge is 0.387 e. The molecule has 20 heavy (non-hydrogen) atoms. The second-order valence-electron chi connectivity index (χ2n) is 4.60. The highest BCUT2D eigenvalue weighted by atomic mass is 19.1. The van der Waals surface area contributed by atoms with E-state index in [1.807, 2.05) is 19.1 Å². The third kappa shape index (κ3) is 3.59. The average Bonchev–Trinajstić information content (AvgIpc) is 2.47. The van der Waals surface area contributed by atoms with Crippen molar-refractivity contribution in [2.75, 3.05) is 6.54 Å². The quantitative estimate of drug-likeness (QED) is 0.884. The van der Waals surface area contributed by atoms with Crippen molar-refractivity contribution in [3.05, 3.63) is 65.5 Å². The fourth-order valence-corrected chi connectivity index (χ4v) is 1.92. The van der Waals surface area contributed by atoms with Gasteiger partial charge in [0.1, 0.15) is 11.6 Å². The van der Waals surface area contributed by atoms with E-state index >= 15 is 0 Å². The van der Waals surface area contributed by atoms with Crippen LogP contribution in [0, 0.1) is 11.6 Å². The smallest absolute Gasteiger partial charge is 0.129 e. The molecule has 0 radical (unpaired) electrons. The monoisotopic (exact) mass is 278 g/mol. The highest BCUT2D eigenvalue weighted by Crippen LogP contribution is 2.19. The number of aliphatic hydroxyl groups excluding tert-OH is 1. The molecule has 1 aromatic carbocycles. The summed E-state index contributed by atoms with van der Waals surface area (Å²) in [5.41, 5.74) is 0.912. The average molecular weight is 278 g/mol. The van der Waals surface area contributed by atoms with Crippen LogP contribution in [-0.4, -0.2) is 16.6 Å². The normalized spacial score (nSPS) is 14.0. The van der Waals surface area contributed by atoms with E-state index in [0.29, 0.717) is 0 Å². The molecule has 0 bridgehead atoms. The van der Waals surface area contributed by atoms with Crippen LogP contribution in [0.15, 0.2) is 42.7 Å². The Morgan fingerprint density at radius 2 is 2.10 bits per heavy atom. The second kappa shape index (κ2) is 6.54. The molecule has 1 unspecified atom stereocenters. The number of aliphatic hydroxyl groups is 1. The minimum atomic E-state index is -1.11. The van der Waals surface area contributed by atoms with Crippen LogP contribution >= 0.6 is 0 Å². The molecule has 3 nitrogen and oxygen atoms in total. The summed E-state index contributed by atoms with van der Waals surface area (Å²) in [5.74, 6) is -1.18. The van der Waals surface area contributed by atoms with Crippen LogP contribution in [0.1, 0.15) is 30.2 Å². The first kappa shape index (κ1) is 14.6. The van der Waals surface area contributed by atoms with Gasteiger partial charge in [0.15, 0.2) is 0 Å². The lowest BCUT2D eigenvalue weighted by atomic mass is 10.1. The molecule has 0 aliphatic rings. The summed E-state index contributed by atoms with van der Waals surface area (Å²) in [6.07, 6.45) is 2.28. The Morgan fingerprint density at radius 3 is 2.80 bits per heavy atom. The summed E-state index contributed by atoms with van der Waals surface area (Å²) in [6.45, 7) is 2.03. The number of benzene rings is 1. The molecule has 5 heteroatoms. The van der Waals surface area contributed by atoms with Gasteiger partial charge in [-0.3, -0.25) is 4.98 Å². The number of halogens is 2. The number of pyridine rings is 1. The van der Waals surface area contributed by atoms with Gasteiger partial charge < -0.3 is 10.4 Å². The molecule has 2 rings (SSSR count). The number of aromatic nitrogens is 1. The van der Waals surface area contributed by atoms with E-state index in [0.717, 1.165) is 23.8 Å². The zero-order valence-electron chi connectivity index (χ0n) is 11.1. The summed E-state index contributed by atoms with van der Waals surface area (Å²) in [6, 6.07) is 6.72. The van der Waals surface area contributed by atoms with E-state index in [9.17, 15) is 13.9 Å². The van der Waals surface area contributed by atoms with Crippen LogP contribution in [0.2, 0.25) is 0 Å². The Bertz CT molecular complexity index is 563. The molecule has 106 valence electrons. The van der Waals surface area contributed by atoms with Crippen molar-refractivity contribution in [3.8, 4) is 0 Å². The minimum Gasteiger partial charge on any atom is -0.387 e. The van der Waals surface area contributed by atoms with Crippen LogP contribution in [0.4, 0.5) is 8.78 Å². The zero-order valence-corrected chi connectivity index (χ0v) is 11.1. The highest BCUT2D eigenvalue weighted by molar-refractivity contribution is 5.21. The van der Waals surface area contributed by atoms with Gasteiger partial charge in [0, 0.05) is 30.5 Å². The van der Waals surface area contributed by atoms with E-state index in [1.54, 1.807) is 12.4 Å². The Kier molecular flexibility index (Phi) is 4.76. The first-order chi connectivity index (χ1) is 9.58. The molecule has 0 saturated heterocycles. The van der Waals surface area contributed by atoms with Gasteiger partial charge in [-0.15, -0.1) is 0 Å². The van der Waals surface area contributed by atoms with E-state index in [1.165, 1.54) is 0 Å². The number of nitrogens with one attached hydrogen (secondary N) is 1. The first-order valence-electron chi connectivity index (χ1n) is 6.34. The molecule has 2 aromatic rings. The number of hydrogen-bond donors (Lipinski definition) is 2. The molecular formula is C15H16F2N2O. The predicted molar refractivity (Wildman–Crippen MR) is 72.0 cm³/mol. The molecule has 0 fully saturated rings. The minimum absolute atomic E-state index is 0.0455. The lowest BCUT2D eigenvalue weighted by molar-refractivity contribution is 0.165. The van der Waals surface area contributed by atoms with Crippen molar-refractivity contribution in [2.24, 2.45) is 0 Å². The predicted octanol–water partition coefficient (Wildman–Crippen LogP) is 2.74. The Balaban J connectivity index is 1.98. The summed E-state index contributed by atoms with van der Waals surface area (Å²) in [7, 11) is 0. The molecule has 1 aromatic heterocycles. The SMILES string of the molecule is C[C@@H](NCC(O)c1cc(F)ccc1F)c1cccnc1. The fourth-order valence-electron chi connectivity index (χ4n) is 1.92. The van der Waals surface area contributed by atoms with Crippen molar-refractivity contribution < 1.29 is 13.9 Å². The maximum atomic E-state index is 13.5. The van der Waals surface area contributed by atoms with Gasteiger partial charge in [0.05, 0.1) is 6.10 Å². The van der Waals surface area contributed by atoms with Crippen molar-refractivity contribution in [3.63, 3.8) is 0 Å². The van der Waals surface area contributed by atoms with E-state index in [-0.39, 0.29) is 18.2 Å². The van der Waals surface area contributed by atoms with Crippen molar-refractivity contribution in [1.82, 2.24) is 10.3 Å². The third-order valence-electron chi connectivity index (χ3n) is 3.12. The molecular weight excluding hydrogens is 262 g/mol. The van der Waals surface area contributed by atoms with Gasteiger partial charge in [-0.2, -0.15) is 0 Å². The third-order valence-corrected chi connectivity index (χ3v) is 3.12. The van der Waals surface area contributed by atoms with Crippen LogP contribution in [-0.2, 0) is 0 Å². The van der Waals surface area contributed by atoms with Gasteiger partial charge in [-0.1, -0.05) is 6.07 Å². The second-order valence-corrected chi connectivity index (χ2v) is 4.60. The summed E-state index contributed by atoms with van der Waals surface area (Å²) in [5, 5.41) is 13.0. The molecule has 0 spiro atoms. The number of hydrogen-bond acceptors (Lipinski definition) is 3. The molecule has 0 aliphatic carbocycles. The van der Waals surface area contributed by atoms with Gasteiger partial charge in [-0.05, 0) is 36.8 Å². The van der Waals surface area contributed by atoms with Crippen molar-refractivity contribution in [2.45, 2.75) is 19.1 Å². The lowest BCUT2D eigenvalue weighted by Crippen LogP contribution is -2.25. The molecule has 1 heterocycles. The first-order valence-corrected chi connectivity index (χ1v) is 6.34. The topological polar surface area (TPSA) is 45.1 Å². The lowest BCUT2D eigenvalue weighted by Gasteiger charge is -2.18. The standard InChI is InChI=1S/C15H16F2N2O/c1-10(11-3-2-6-18-8-11)19-9-15(20)13-7-12(16)4-5-14(13)17/h2-8,10,15,19-20H,9H2,1H3/t10-,15?/m1/s1.